The van der Waals surface area contributed by atoms with Crippen molar-refractivity contribution < 1.29 is 28.6 Å². The van der Waals surface area contributed by atoms with Gasteiger partial charge in [-0.05, 0) is 66.9 Å². The van der Waals surface area contributed by atoms with E-state index in [4.69, 9.17) is 14.2 Å². The number of H-pyrrole nitrogens is 1. The summed E-state index contributed by atoms with van der Waals surface area (Å²) in [4.78, 5) is 46.7. The maximum atomic E-state index is 14.3. The summed E-state index contributed by atoms with van der Waals surface area (Å²) >= 11 is 0. The number of amides is 3. The van der Waals surface area contributed by atoms with Crippen molar-refractivity contribution in [3.63, 3.8) is 0 Å². The van der Waals surface area contributed by atoms with E-state index in [1.54, 1.807) is 35.2 Å². The number of carbonyl (C=O) groups is 3. The normalized spacial score (nSPS) is 16.0. The Morgan fingerprint density at radius 3 is 2.53 bits per heavy atom. The first-order chi connectivity index (χ1) is 24.7. The minimum atomic E-state index is -0.878. The zero-order valence-corrected chi connectivity index (χ0v) is 28.7. The van der Waals surface area contributed by atoms with E-state index in [-0.39, 0.29) is 24.3 Å². The highest BCUT2D eigenvalue weighted by Gasteiger charge is 2.47. The number of aromatic amines is 1. The Kier molecular flexibility index (Phi) is 7.90. The van der Waals surface area contributed by atoms with E-state index >= 15 is 0 Å². The Balaban J connectivity index is 1.05. The Labute approximate surface area is 294 Å². The van der Waals surface area contributed by atoms with Gasteiger partial charge in [0.2, 0.25) is 6.79 Å². The summed E-state index contributed by atoms with van der Waals surface area (Å²) in [7, 11) is 2.01. The van der Waals surface area contributed by atoms with Crippen LogP contribution >= 0.6 is 0 Å². The molecular formula is C40H37N5O6. The van der Waals surface area contributed by atoms with Gasteiger partial charge < -0.3 is 28.7 Å². The smallest absolute Gasteiger partial charge is 0.286 e. The zero-order chi connectivity index (χ0) is 35.4. The van der Waals surface area contributed by atoms with Gasteiger partial charge >= 0.3 is 0 Å². The third kappa shape index (κ3) is 5.41. The highest BCUT2D eigenvalue weighted by atomic mass is 16.7. The van der Waals surface area contributed by atoms with Crippen molar-refractivity contribution >= 4 is 39.5 Å². The molecule has 0 saturated heterocycles. The van der Waals surface area contributed by atoms with Crippen LogP contribution in [0.5, 0.6) is 23.0 Å². The average Bonchev–Trinajstić information content (AvgIpc) is 3.91. The molecule has 3 N–H and O–H groups in total. The number of aromatic nitrogens is 2. The molecule has 11 heteroatoms. The fourth-order valence-corrected chi connectivity index (χ4v) is 7.33. The molecule has 0 spiro atoms. The fourth-order valence-electron chi connectivity index (χ4n) is 7.33. The van der Waals surface area contributed by atoms with E-state index < -0.39 is 23.9 Å². The van der Waals surface area contributed by atoms with Crippen LogP contribution < -0.4 is 25.1 Å². The lowest BCUT2D eigenvalue weighted by molar-refractivity contribution is -0.128. The maximum Gasteiger partial charge on any atom is 0.286 e. The fraction of sp³-hybridized carbons (Fsp3) is 0.225. The van der Waals surface area contributed by atoms with Crippen LogP contribution in [0.3, 0.4) is 0 Å². The number of nitrogens with zero attached hydrogens (tertiary/aromatic N) is 2. The zero-order valence-electron chi connectivity index (χ0n) is 28.7. The van der Waals surface area contributed by atoms with Crippen LogP contribution in [0.25, 0.3) is 21.8 Å². The van der Waals surface area contributed by atoms with E-state index in [9.17, 15) is 14.4 Å². The molecule has 258 valence electrons. The van der Waals surface area contributed by atoms with Gasteiger partial charge in [-0.25, -0.2) is 0 Å². The molecule has 4 aromatic carbocycles. The van der Waals surface area contributed by atoms with Gasteiger partial charge in [-0.3, -0.25) is 25.2 Å². The number of hydrogen-bond acceptors (Lipinski definition) is 6. The molecule has 51 heavy (non-hydrogen) atoms. The molecule has 2 aliphatic heterocycles. The van der Waals surface area contributed by atoms with Crippen LogP contribution in [0.15, 0.2) is 91.0 Å². The maximum absolute atomic E-state index is 14.3. The topological polar surface area (TPSA) is 127 Å². The molecular weight excluding hydrogens is 646 g/mol. The third-order valence-corrected chi connectivity index (χ3v) is 10.2. The number of fused-ring (bicyclic) bond motifs is 4. The van der Waals surface area contributed by atoms with Crippen molar-refractivity contribution in [3.8, 4) is 23.0 Å². The SMILES string of the molecule is CCC(C)C(C(=O)NNC(=O)c1cc2cc(Oc3ccc4c(c3)OCO4)ccc2[nH]1)N1C(=O)c2ccccc2C1c1c(C)n(C)c2ccccc12. The van der Waals surface area contributed by atoms with Gasteiger partial charge in [-0.2, -0.15) is 0 Å². The van der Waals surface area contributed by atoms with E-state index in [1.807, 2.05) is 76.3 Å². The van der Waals surface area contributed by atoms with Crippen LogP contribution in [0.2, 0.25) is 0 Å². The molecule has 0 fully saturated rings. The Morgan fingerprint density at radius 1 is 0.941 bits per heavy atom. The van der Waals surface area contributed by atoms with Crippen LogP contribution in [0, 0.1) is 12.8 Å². The van der Waals surface area contributed by atoms with Crippen molar-refractivity contribution in [2.45, 2.75) is 39.3 Å². The summed E-state index contributed by atoms with van der Waals surface area (Å²) in [6.07, 6.45) is 0.631. The van der Waals surface area contributed by atoms with Gasteiger partial charge in [0.1, 0.15) is 23.2 Å². The molecule has 3 atom stereocenters. The average molecular weight is 684 g/mol. The largest absolute Gasteiger partial charge is 0.457 e. The lowest BCUT2D eigenvalue weighted by Crippen LogP contribution is -2.55. The van der Waals surface area contributed by atoms with Gasteiger partial charge in [0.05, 0.1) is 6.04 Å². The molecule has 2 aromatic heterocycles. The second-order valence-electron chi connectivity index (χ2n) is 13.1. The van der Waals surface area contributed by atoms with Crippen molar-refractivity contribution in [2.24, 2.45) is 13.0 Å². The molecule has 8 rings (SSSR count). The van der Waals surface area contributed by atoms with Crippen molar-refractivity contribution in [2.75, 3.05) is 6.79 Å². The number of hydrogen-bond donors (Lipinski definition) is 3. The molecule has 0 bridgehead atoms. The van der Waals surface area contributed by atoms with E-state index in [2.05, 4.69) is 32.5 Å². The van der Waals surface area contributed by atoms with Crippen LogP contribution in [-0.2, 0) is 11.8 Å². The molecule has 0 saturated carbocycles. The Bertz CT molecular complexity index is 2360. The van der Waals surface area contributed by atoms with Crippen molar-refractivity contribution in [3.05, 3.63) is 119 Å². The molecule has 0 aliphatic carbocycles. The first-order valence-electron chi connectivity index (χ1n) is 17.0. The van der Waals surface area contributed by atoms with Crippen LogP contribution in [0.4, 0.5) is 0 Å². The second kappa shape index (κ2) is 12.6. The lowest BCUT2D eigenvalue weighted by atomic mass is 9.91. The molecule has 6 aromatic rings. The van der Waals surface area contributed by atoms with Gasteiger partial charge in [0.25, 0.3) is 17.7 Å². The summed E-state index contributed by atoms with van der Waals surface area (Å²) in [5.41, 5.74) is 10.7. The van der Waals surface area contributed by atoms with E-state index in [0.29, 0.717) is 35.0 Å². The number of rotatable bonds is 8. The van der Waals surface area contributed by atoms with Crippen molar-refractivity contribution in [1.82, 2.24) is 25.3 Å². The van der Waals surface area contributed by atoms with Gasteiger partial charge in [0.15, 0.2) is 11.5 Å². The number of ether oxygens (including phenoxy) is 3. The number of para-hydroxylation sites is 1. The minimum Gasteiger partial charge on any atom is -0.457 e. The van der Waals surface area contributed by atoms with Crippen molar-refractivity contribution in [1.29, 1.82) is 0 Å². The quantitative estimate of drug-likeness (QED) is 0.150. The number of hydrazine groups is 1. The number of benzene rings is 4. The molecule has 11 nitrogen and oxygen atoms in total. The molecule has 0 radical (unpaired) electrons. The molecule has 4 heterocycles. The van der Waals surface area contributed by atoms with E-state index in [0.717, 1.165) is 38.6 Å². The number of nitrogens with one attached hydrogen (secondary N) is 3. The van der Waals surface area contributed by atoms with Gasteiger partial charge in [-0.15, -0.1) is 0 Å². The number of carbonyl (C=O) groups excluding carboxylic acids is 3. The van der Waals surface area contributed by atoms with E-state index in [1.165, 1.54) is 0 Å². The summed E-state index contributed by atoms with van der Waals surface area (Å²) < 4.78 is 19.0. The minimum absolute atomic E-state index is 0.174. The van der Waals surface area contributed by atoms with Crippen LogP contribution in [0.1, 0.15) is 64.0 Å². The number of aryl methyl sites for hydroxylation is 1. The second-order valence-corrected chi connectivity index (χ2v) is 13.1. The first-order valence-corrected chi connectivity index (χ1v) is 17.0. The molecule has 3 unspecified atom stereocenters. The highest BCUT2D eigenvalue weighted by molar-refractivity contribution is 6.04. The lowest BCUT2D eigenvalue weighted by Gasteiger charge is -2.36. The Morgan fingerprint density at radius 2 is 1.69 bits per heavy atom. The molecule has 2 aliphatic rings. The van der Waals surface area contributed by atoms with Crippen LogP contribution in [-0.4, -0.2) is 45.0 Å². The predicted octanol–water partition coefficient (Wildman–Crippen LogP) is 6.91. The Hall–Kier alpha value is -6.23. The summed E-state index contributed by atoms with van der Waals surface area (Å²) in [6.45, 7) is 6.17. The highest BCUT2D eigenvalue weighted by Crippen LogP contribution is 2.45. The summed E-state index contributed by atoms with van der Waals surface area (Å²) in [5.74, 6) is 0.990. The monoisotopic (exact) mass is 683 g/mol. The predicted molar refractivity (Wildman–Crippen MR) is 192 cm³/mol. The molecule has 3 amide bonds. The van der Waals surface area contributed by atoms with Gasteiger partial charge in [-0.1, -0.05) is 56.7 Å². The first kappa shape index (κ1) is 32.0. The summed E-state index contributed by atoms with van der Waals surface area (Å²) in [6, 6.07) is 26.8. The summed E-state index contributed by atoms with van der Waals surface area (Å²) in [5, 5.41) is 1.77. The third-order valence-electron chi connectivity index (χ3n) is 10.2. The van der Waals surface area contributed by atoms with Gasteiger partial charge in [0, 0.05) is 51.7 Å². The standard InChI is InChI=1S/C40H37N5O6/c1-5-22(2)36(45-37(27-10-6-7-11-28(27)40(45)48)35-23(3)44(4)32-13-9-8-12-29(32)35)39(47)43-42-38(46)31-19-24-18-25(14-16-30(24)41-31)51-26-15-17-33-34(20-26)50-21-49-33/h6-20,22,36-37,41H,5,21H2,1-4H3,(H,42,46)(H,43,47).